The molecule has 5 rings (SSSR count). The first-order chi connectivity index (χ1) is 16.1. The number of rotatable bonds is 6. The SMILES string of the molecule is COc1ccc(Oc2ccc(-c3noc(C4CC(=O)N(c5ccc(C)cc5)C4)n3)cc2)cc1. The second kappa shape index (κ2) is 8.78. The third-order valence-corrected chi connectivity index (χ3v) is 5.67. The number of hydrogen-bond donors (Lipinski definition) is 0. The van der Waals surface area contributed by atoms with E-state index in [1.807, 2.05) is 79.7 Å². The predicted molar refractivity (Wildman–Crippen MR) is 124 cm³/mol. The Balaban J connectivity index is 1.26. The van der Waals surface area contributed by atoms with Gasteiger partial charge in [0.2, 0.25) is 17.6 Å². The van der Waals surface area contributed by atoms with Crippen molar-refractivity contribution in [2.24, 2.45) is 0 Å². The Morgan fingerprint density at radius 3 is 2.21 bits per heavy atom. The van der Waals surface area contributed by atoms with E-state index in [0.29, 0.717) is 30.4 Å². The monoisotopic (exact) mass is 441 g/mol. The zero-order valence-corrected chi connectivity index (χ0v) is 18.4. The van der Waals surface area contributed by atoms with Crippen LogP contribution in [0.2, 0.25) is 0 Å². The standard InChI is InChI=1S/C26H23N3O4/c1-17-3-7-20(8-4-17)29-16-19(15-24(29)30)26-27-25(28-33-26)18-5-9-22(10-6-18)32-23-13-11-21(31-2)12-14-23/h3-14,19H,15-16H2,1-2H3. The number of anilines is 1. The molecule has 7 heteroatoms. The fraction of sp³-hybridized carbons (Fsp3) is 0.192. The molecular weight excluding hydrogens is 418 g/mol. The van der Waals surface area contributed by atoms with Gasteiger partial charge >= 0.3 is 0 Å². The highest BCUT2D eigenvalue weighted by Gasteiger charge is 2.35. The highest BCUT2D eigenvalue weighted by Crippen LogP contribution is 2.32. The molecule has 1 atom stereocenters. The molecule has 0 saturated carbocycles. The molecule has 2 heterocycles. The molecule has 1 aliphatic rings. The second-order valence-electron chi connectivity index (χ2n) is 8.00. The van der Waals surface area contributed by atoms with Crippen molar-refractivity contribution in [1.29, 1.82) is 0 Å². The van der Waals surface area contributed by atoms with E-state index in [9.17, 15) is 4.79 Å². The van der Waals surface area contributed by atoms with Crippen LogP contribution in [-0.4, -0.2) is 29.7 Å². The molecule has 33 heavy (non-hydrogen) atoms. The molecule has 0 radical (unpaired) electrons. The average Bonchev–Trinajstić information content (AvgIpc) is 3.48. The van der Waals surface area contributed by atoms with Crippen LogP contribution < -0.4 is 14.4 Å². The number of aryl methyl sites for hydroxylation is 1. The zero-order chi connectivity index (χ0) is 22.8. The van der Waals surface area contributed by atoms with Gasteiger partial charge in [-0.25, -0.2) is 0 Å². The lowest BCUT2D eigenvalue weighted by Crippen LogP contribution is -2.24. The van der Waals surface area contributed by atoms with E-state index in [-0.39, 0.29) is 11.8 Å². The Hall–Kier alpha value is -4.13. The second-order valence-corrected chi connectivity index (χ2v) is 8.00. The first-order valence-electron chi connectivity index (χ1n) is 10.7. The number of aromatic nitrogens is 2. The molecule has 1 amide bonds. The van der Waals surface area contributed by atoms with Gasteiger partial charge in [0.25, 0.3) is 0 Å². The van der Waals surface area contributed by atoms with Crippen LogP contribution in [0.3, 0.4) is 0 Å². The van der Waals surface area contributed by atoms with Gasteiger partial charge in [0, 0.05) is 24.2 Å². The highest BCUT2D eigenvalue weighted by molar-refractivity contribution is 5.96. The lowest BCUT2D eigenvalue weighted by Gasteiger charge is -2.16. The number of amides is 1. The van der Waals surface area contributed by atoms with Crippen molar-refractivity contribution in [3.63, 3.8) is 0 Å². The molecule has 0 bridgehead atoms. The maximum atomic E-state index is 12.6. The summed E-state index contributed by atoms with van der Waals surface area (Å²) >= 11 is 0. The van der Waals surface area contributed by atoms with Crippen LogP contribution in [0.25, 0.3) is 11.4 Å². The molecule has 1 saturated heterocycles. The smallest absolute Gasteiger partial charge is 0.232 e. The van der Waals surface area contributed by atoms with Crippen LogP contribution in [0.4, 0.5) is 5.69 Å². The third kappa shape index (κ3) is 4.43. The summed E-state index contributed by atoms with van der Waals surface area (Å²) < 4.78 is 16.5. The van der Waals surface area contributed by atoms with Crippen LogP contribution in [0, 0.1) is 6.92 Å². The molecular formula is C26H23N3O4. The minimum atomic E-state index is -0.127. The summed E-state index contributed by atoms with van der Waals surface area (Å²) in [4.78, 5) is 18.9. The van der Waals surface area contributed by atoms with Crippen LogP contribution in [0.1, 0.15) is 23.8 Å². The number of benzene rings is 3. The molecule has 4 aromatic rings. The van der Waals surface area contributed by atoms with Crippen LogP contribution in [0.5, 0.6) is 17.2 Å². The van der Waals surface area contributed by atoms with E-state index in [0.717, 1.165) is 28.3 Å². The van der Waals surface area contributed by atoms with E-state index in [1.54, 1.807) is 12.0 Å². The number of methoxy groups -OCH3 is 1. The molecule has 0 spiro atoms. The van der Waals surface area contributed by atoms with E-state index in [1.165, 1.54) is 0 Å². The summed E-state index contributed by atoms with van der Waals surface area (Å²) in [7, 11) is 1.63. The fourth-order valence-electron chi connectivity index (χ4n) is 3.82. The summed E-state index contributed by atoms with van der Waals surface area (Å²) in [5, 5.41) is 4.13. The maximum absolute atomic E-state index is 12.6. The molecule has 7 nitrogen and oxygen atoms in total. The topological polar surface area (TPSA) is 77.7 Å². The third-order valence-electron chi connectivity index (χ3n) is 5.67. The molecule has 0 N–H and O–H groups in total. The number of ether oxygens (including phenoxy) is 2. The Morgan fingerprint density at radius 2 is 1.55 bits per heavy atom. The van der Waals surface area contributed by atoms with Gasteiger partial charge in [-0.05, 0) is 67.6 Å². The number of hydrogen-bond acceptors (Lipinski definition) is 6. The van der Waals surface area contributed by atoms with Gasteiger partial charge in [-0.15, -0.1) is 0 Å². The van der Waals surface area contributed by atoms with Crippen molar-refractivity contribution in [1.82, 2.24) is 10.1 Å². The first kappa shape index (κ1) is 20.8. The minimum Gasteiger partial charge on any atom is -0.497 e. The van der Waals surface area contributed by atoms with Gasteiger partial charge in [-0.2, -0.15) is 4.98 Å². The zero-order valence-electron chi connectivity index (χ0n) is 18.4. The number of carbonyl (C=O) groups excluding carboxylic acids is 1. The van der Waals surface area contributed by atoms with Crippen LogP contribution >= 0.6 is 0 Å². The molecule has 1 aliphatic heterocycles. The molecule has 1 aromatic heterocycles. The summed E-state index contributed by atoms with van der Waals surface area (Å²) in [6.45, 7) is 2.55. The molecule has 166 valence electrons. The summed E-state index contributed by atoms with van der Waals surface area (Å²) in [5.74, 6) is 3.09. The van der Waals surface area contributed by atoms with Crippen molar-refractivity contribution in [3.8, 4) is 28.6 Å². The molecule has 1 fully saturated rings. The van der Waals surface area contributed by atoms with E-state index in [2.05, 4.69) is 10.1 Å². The lowest BCUT2D eigenvalue weighted by molar-refractivity contribution is -0.117. The van der Waals surface area contributed by atoms with E-state index in [4.69, 9.17) is 14.0 Å². The Bertz CT molecular complexity index is 1250. The van der Waals surface area contributed by atoms with Gasteiger partial charge in [0.1, 0.15) is 17.2 Å². The van der Waals surface area contributed by atoms with Crippen molar-refractivity contribution in [3.05, 3.63) is 84.3 Å². The predicted octanol–water partition coefficient (Wildman–Crippen LogP) is 5.37. The molecule has 0 aliphatic carbocycles. The van der Waals surface area contributed by atoms with Gasteiger partial charge in [0.05, 0.1) is 13.0 Å². The van der Waals surface area contributed by atoms with Crippen LogP contribution in [0.15, 0.2) is 77.3 Å². The fourth-order valence-corrected chi connectivity index (χ4v) is 3.82. The van der Waals surface area contributed by atoms with Crippen molar-refractivity contribution >= 4 is 11.6 Å². The van der Waals surface area contributed by atoms with Gasteiger partial charge in [-0.1, -0.05) is 22.9 Å². The average molecular weight is 441 g/mol. The van der Waals surface area contributed by atoms with Crippen molar-refractivity contribution in [2.45, 2.75) is 19.3 Å². The minimum absolute atomic E-state index is 0.0589. The number of carbonyl (C=O) groups is 1. The lowest BCUT2D eigenvalue weighted by atomic mass is 10.1. The Labute approximate surface area is 191 Å². The maximum Gasteiger partial charge on any atom is 0.232 e. The number of nitrogens with zero attached hydrogens (tertiary/aromatic N) is 3. The van der Waals surface area contributed by atoms with Gasteiger partial charge < -0.3 is 18.9 Å². The molecule has 3 aromatic carbocycles. The Kier molecular flexibility index (Phi) is 5.52. The van der Waals surface area contributed by atoms with Gasteiger partial charge in [0.15, 0.2) is 0 Å². The van der Waals surface area contributed by atoms with Crippen molar-refractivity contribution in [2.75, 3.05) is 18.6 Å². The quantitative estimate of drug-likeness (QED) is 0.401. The largest absolute Gasteiger partial charge is 0.497 e. The molecule has 1 unspecified atom stereocenters. The Morgan fingerprint density at radius 1 is 0.909 bits per heavy atom. The van der Waals surface area contributed by atoms with E-state index < -0.39 is 0 Å². The summed E-state index contributed by atoms with van der Waals surface area (Å²) in [5.41, 5.74) is 2.86. The van der Waals surface area contributed by atoms with Gasteiger partial charge in [-0.3, -0.25) is 4.79 Å². The summed E-state index contributed by atoms with van der Waals surface area (Å²) in [6.07, 6.45) is 0.351. The summed E-state index contributed by atoms with van der Waals surface area (Å²) in [6, 6.07) is 22.8. The highest BCUT2D eigenvalue weighted by atomic mass is 16.5. The van der Waals surface area contributed by atoms with Crippen LogP contribution in [-0.2, 0) is 4.79 Å². The van der Waals surface area contributed by atoms with Crippen molar-refractivity contribution < 1.29 is 18.8 Å². The normalized spacial score (nSPS) is 15.6. The van der Waals surface area contributed by atoms with E-state index >= 15 is 0 Å². The first-order valence-corrected chi connectivity index (χ1v) is 10.7.